The largest absolute Gasteiger partial charge is 0.394 e. The highest BCUT2D eigenvalue weighted by atomic mass is 16.5. The van der Waals surface area contributed by atoms with Gasteiger partial charge in [-0.05, 0) is 19.3 Å². The Morgan fingerprint density at radius 1 is 1.33 bits per heavy atom. The molecule has 0 aromatic carbocycles. The standard InChI is InChI=1S/C10H16O2/c11-7-9-12-8-6-10-4-2-1-3-5-10/h2,4-5,11H,1,3,6-9H2. The Morgan fingerprint density at radius 3 is 2.92 bits per heavy atom. The minimum atomic E-state index is 0.120. The van der Waals surface area contributed by atoms with Gasteiger partial charge in [0.25, 0.3) is 0 Å². The van der Waals surface area contributed by atoms with Crippen LogP contribution in [0.15, 0.2) is 23.8 Å². The van der Waals surface area contributed by atoms with E-state index in [1.807, 2.05) is 0 Å². The minimum Gasteiger partial charge on any atom is -0.394 e. The van der Waals surface area contributed by atoms with Crippen molar-refractivity contribution in [2.75, 3.05) is 19.8 Å². The third kappa shape index (κ3) is 3.69. The quantitative estimate of drug-likeness (QED) is 0.633. The van der Waals surface area contributed by atoms with Crippen molar-refractivity contribution in [3.05, 3.63) is 23.8 Å². The Balaban J connectivity index is 2.06. The van der Waals surface area contributed by atoms with Crippen LogP contribution in [0.4, 0.5) is 0 Å². The molecule has 1 aliphatic rings. The van der Waals surface area contributed by atoms with Gasteiger partial charge in [-0.3, -0.25) is 0 Å². The molecule has 0 atom stereocenters. The summed E-state index contributed by atoms with van der Waals surface area (Å²) >= 11 is 0. The van der Waals surface area contributed by atoms with E-state index in [0.29, 0.717) is 6.61 Å². The van der Waals surface area contributed by atoms with Gasteiger partial charge >= 0.3 is 0 Å². The molecule has 1 aliphatic carbocycles. The zero-order chi connectivity index (χ0) is 8.65. The Labute approximate surface area is 73.5 Å². The van der Waals surface area contributed by atoms with Crippen LogP contribution in [0.1, 0.15) is 19.3 Å². The van der Waals surface area contributed by atoms with Crippen LogP contribution in [0.2, 0.25) is 0 Å². The van der Waals surface area contributed by atoms with E-state index >= 15 is 0 Å². The molecule has 0 aromatic heterocycles. The summed E-state index contributed by atoms with van der Waals surface area (Å²) in [6.45, 7) is 1.29. The summed E-state index contributed by atoms with van der Waals surface area (Å²) in [7, 11) is 0. The first-order valence-electron chi connectivity index (χ1n) is 4.47. The molecule has 0 fully saturated rings. The van der Waals surface area contributed by atoms with Crippen molar-refractivity contribution in [1.29, 1.82) is 0 Å². The monoisotopic (exact) mass is 168 g/mol. The molecular weight excluding hydrogens is 152 g/mol. The van der Waals surface area contributed by atoms with Gasteiger partial charge in [0, 0.05) is 0 Å². The third-order valence-electron chi connectivity index (χ3n) is 1.84. The number of ether oxygens (including phenoxy) is 1. The molecule has 2 nitrogen and oxygen atoms in total. The molecule has 1 N–H and O–H groups in total. The minimum absolute atomic E-state index is 0.120. The molecule has 0 unspecified atom stereocenters. The van der Waals surface area contributed by atoms with Crippen LogP contribution >= 0.6 is 0 Å². The average Bonchev–Trinajstić information content (AvgIpc) is 2.14. The fraction of sp³-hybridized carbons (Fsp3) is 0.600. The summed E-state index contributed by atoms with van der Waals surface area (Å²) in [5.74, 6) is 0. The van der Waals surface area contributed by atoms with Crippen molar-refractivity contribution < 1.29 is 9.84 Å². The van der Waals surface area contributed by atoms with Crippen LogP contribution in [0.25, 0.3) is 0 Å². The highest BCUT2D eigenvalue weighted by molar-refractivity contribution is 5.21. The zero-order valence-electron chi connectivity index (χ0n) is 7.33. The maximum Gasteiger partial charge on any atom is 0.0697 e. The van der Waals surface area contributed by atoms with Gasteiger partial charge < -0.3 is 9.84 Å². The molecule has 0 amide bonds. The lowest BCUT2D eigenvalue weighted by atomic mass is 10.1. The average molecular weight is 168 g/mol. The molecule has 0 spiro atoms. The molecule has 0 aromatic rings. The zero-order valence-corrected chi connectivity index (χ0v) is 7.33. The van der Waals surface area contributed by atoms with Gasteiger partial charge in [0.05, 0.1) is 19.8 Å². The number of aliphatic hydroxyl groups excluding tert-OH is 1. The smallest absolute Gasteiger partial charge is 0.0697 e. The van der Waals surface area contributed by atoms with Crippen molar-refractivity contribution in [3.63, 3.8) is 0 Å². The van der Waals surface area contributed by atoms with Crippen LogP contribution in [-0.4, -0.2) is 24.9 Å². The Hall–Kier alpha value is -0.600. The summed E-state index contributed by atoms with van der Waals surface area (Å²) in [5, 5.41) is 8.45. The first-order valence-corrected chi connectivity index (χ1v) is 4.47. The Morgan fingerprint density at radius 2 is 2.25 bits per heavy atom. The Bertz CT molecular complexity index is 171. The summed E-state index contributed by atoms with van der Waals surface area (Å²) in [5.41, 5.74) is 1.36. The molecule has 0 heterocycles. The van der Waals surface area contributed by atoms with E-state index in [1.54, 1.807) is 0 Å². The van der Waals surface area contributed by atoms with Crippen LogP contribution < -0.4 is 0 Å². The predicted molar refractivity (Wildman–Crippen MR) is 49.0 cm³/mol. The fourth-order valence-electron chi connectivity index (χ4n) is 1.21. The van der Waals surface area contributed by atoms with Gasteiger partial charge in [-0.2, -0.15) is 0 Å². The number of aliphatic hydroxyl groups is 1. The van der Waals surface area contributed by atoms with Crippen LogP contribution in [0, 0.1) is 0 Å². The van der Waals surface area contributed by atoms with Crippen molar-refractivity contribution in [1.82, 2.24) is 0 Å². The van der Waals surface area contributed by atoms with Gasteiger partial charge in [0.15, 0.2) is 0 Å². The molecule has 0 saturated heterocycles. The highest BCUT2D eigenvalue weighted by Gasteiger charge is 1.96. The summed E-state index contributed by atoms with van der Waals surface area (Å²) in [6, 6.07) is 0. The molecule has 0 bridgehead atoms. The SMILES string of the molecule is OCCOCCC1=CCCC=C1. The fourth-order valence-corrected chi connectivity index (χ4v) is 1.21. The number of hydrogen-bond acceptors (Lipinski definition) is 2. The normalized spacial score (nSPS) is 16.2. The van der Waals surface area contributed by atoms with Crippen LogP contribution in [0.5, 0.6) is 0 Å². The molecule has 0 radical (unpaired) electrons. The second-order valence-corrected chi connectivity index (χ2v) is 2.84. The maximum atomic E-state index is 8.45. The molecule has 68 valence electrons. The van der Waals surface area contributed by atoms with E-state index in [1.165, 1.54) is 12.0 Å². The van der Waals surface area contributed by atoms with Gasteiger partial charge in [-0.1, -0.05) is 23.8 Å². The third-order valence-corrected chi connectivity index (χ3v) is 1.84. The maximum absolute atomic E-state index is 8.45. The summed E-state index contributed by atoms with van der Waals surface area (Å²) < 4.78 is 5.16. The van der Waals surface area contributed by atoms with Crippen molar-refractivity contribution in [2.45, 2.75) is 19.3 Å². The van der Waals surface area contributed by atoms with Crippen molar-refractivity contribution >= 4 is 0 Å². The van der Waals surface area contributed by atoms with Gasteiger partial charge in [-0.25, -0.2) is 0 Å². The lowest BCUT2D eigenvalue weighted by molar-refractivity contribution is 0.0947. The van der Waals surface area contributed by atoms with Gasteiger partial charge in [-0.15, -0.1) is 0 Å². The van der Waals surface area contributed by atoms with E-state index in [0.717, 1.165) is 19.4 Å². The molecule has 2 heteroatoms. The lowest BCUT2D eigenvalue weighted by Crippen LogP contribution is -2.01. The second kappa shape index (κ2) is 5.98. The van der Waals surface area contributed by atoms with E-state index in [-0.39, 0.29) is 6.61 Å². The first-order chi connectivity index (χ1) is 5.93. The first kappa shape index (κ1) is 9.49. The van der Waals surface area contributed by atoms with E-state index in [9.17, 15) is 0 Å². The van der Waals surface area contributed by atoms with E-state index in [2.05, 4.69) is 18.2 Å². The summed E-state index contributed by atoms with van der Waals surface area (Å²) in [4.78, 5) is 0. The predicted octanol–water partition coefficient (Wildman–Crippen LogP) is 1.66. The molecular formula is C10H16O2. The van der Waals surface area contributed by atoms with E-state index < -0.39 is 0 Å². The van der Waals surface area contributed by atoms with E-state index in [4.69, 9.17) is 9.84 Å². The summed E-state index contributed by atoms with van der Waals surface area (Å²) in [6.07, 6.45) is 9.90. The molecule has 12 heavy (non-hydrogen) atoms. The number of hydrogen-bond donors (Lipinski definition) is 1. The van der Waals surface area contributed by atoms with Crippen molar-refractivity contribution in [2.24, 2.45) is 0 Å². The van der Waals surface area contributed by atoms with Crippen LogP contribution in [0.3, 0.4) is 0 Å². The number of allylic oxidation sites excluding steroid dienone is 3. The van der Waals surface area contributed by atoms with Gasteiger partial charge in [0.2, 0.25) is 0 Å². The molecule has 0 saturated carbocycles. The molecule has 1 rings (SSSR count). The Kier molecular flexibility index (Phi) is 4.73. The number of rotatable bonds is 5. The van der Waals surface area contributed by atoms with Crippen LogP contribution in [-0.2, 0) is 4.74 Å². The highest BCUT2D eigenvalue weighted by Crippen LogP contribution is 2.12. The van der Waals surface area contributed by atoms with Crippen molar-refractivity contribution in [3.8, 4) is 0 Å². The van der Waals surface area contributed by atoms with Gasteiger partial charge in [0.1, 0.15) is 0 Å². The lowest BCUT2D eigenvalue weighted by Gasteiger charge is -2.06. The molecule has 0 aliphatic heterocycles. The second-order valence-electron chi connectivity index (χ2n) is 2.84. The topological polar surface area (TPSA) is 29.5 Å².